The second-order valence-corrected chi connectivity index (χ2v) is 6.58. The van der Waals surface area contributed by atoms with Crippen LogP contribution in [0.5, 0.6) is 23.1 Å². The van der Waals surface area contributed by atoms with Gasteiger partial charge in [-0.05, 0) is 18.6 Å². The Kier molecular flexibility index (Phi) is 4.75. The Bertz CT molecular complexity index is 1080. The van der Waals surface area contributed by atoms with Gasteiger partial charge in [-0.2, -0.15) is 0 Å². The number of rotatable bonds is 5. The van der Waals surface area contributed by atoms with Crippen LogP contribution in [0.1, 0.15) is 29.0 Å². The monoisotopic (exact) mass is 379 g/mol. The molecule has 28 heavy (non-hydrogen) atoms. The average Bonchev–Trinajstić information content (AvgIpc) is 2.71. The Hall–Kier alpha value is -3.32. The number of aromatic hydroxyl groups is 1. The third kappa shape index (κ3) is 2.99. The van der Waals surface area contributed by atoms with E-state index in [1.165, 1.54) is 0 Å². The van der Waals surface area contributed by atoms with E-state index in [4.69, 9.17) is 20.0 Å². The molecule has 2 aromatic carbocycles. The summed E-state index contributed by atoms with van der Waals surface area (Å²) in [6.45, 7) is 0.523. The van der Waals surface area contributed by atoms with Crippen LogP contribution >= 0.6 is 0 Å². The first kappa shape index (κ1) is 18.1. The number of aryl methyl sites for hydroxylation is 1. The van der Waals surface area contributed by atoms with Crippen molar-refractivity contribution in [3.8, 4) is 23.1 Å². The number of aromatic nitrogens is 2. The van der Waals surface area contributed by atoms with Crippen molar-refractivity contribution in [3.05, 3.63) is 71.0 Å². The lowest BCUT2D eigenvalue weighted by Crippen LogP contribution is -2.30. The predicted molar refractivity (Wildman–Crippen MR) is 102 cm³/mol. The zero-order valence-electron chi connectivity index (χ0n) is 15.4. The number of nitrogens with one attached hydrogen (secondary N) is 1. The summed E-state index contributed by atoms with van der Waals surface area (Å²) in [5, 5.41) is 27.8. The largest absolute Gasteiger partial charge is 0.508 e. The van der Waals surface area contributed by atoms with Gasteiger partial charge in [0.25, 0.3) is 0 Å². The maximum atomic E-state index is 9.90. The van der Waals surface area contributed by atoms with Gasteiger partial charge >= 0.3 is 0 Å². The van der Waals surface area contributed by atoms with Crippen LogP contribution < -0.4 is 15.0 Å². The topological polar surface area (TPSA) is 101 Å². The first-order valence-corrected chi connectivity index (χ1v) is 9.02. The number of ether oxygens (including phenoxy) is 2. The van der Waals surface area contributed by atoms with E-state index in [1.807, 2.05) is 24.3 Å². The molecule has 0 radical (unpaired) electrons. The smallest absolute Gasteiger partial charge is 0.228 e. The van der Waals surface area contributed by atoms with Crippen molar-refractivity contribution in [1.82, 2.24) is 9.55 Å². The lowest BCUT2D eigenvalue weighted by molar-refractivity contribution is 0.278. The molecule has 0 aliphatic carbocycles. The molecular weight excluding hydrogens is 358 g/mol. The van der Waals surface area contributed by atoms with Gasteiger partial charge in [0.05, 0.1) is 18.6 Å². The van der Waals surface area contributed by atoms with Gasteiger partial charge in [-0.1, -0.05) is 24.3 Å². The number of hydrogen-bond acceptors (Lipinski definition) is 6. The molecule has 1 aliphatic rings. The van der Waals surface area contributed by atoms with E-state index in [0.717, 1.165) is 11.1 Å². The summed E-state index contributed by atoms with van der Waals surface area (Å²) in [5.74, 6) is 1.30. The van der Waals surface area contributed by atoms with E-state index < -0.39 is 0 Å². The van der Waals surface area contributed by atoms with E-state index >= 15 is 0 Å². The van der Waals surface area contributed by atoms with E-state index in [-0.39, 0.29) is 23.8 Å². The number of phenols is 1. The van der Waals surface area contributed by atoms with Crippen molar-refractivity contribution in [3.63, 3.8) is 0 Å². The minimum atomic E-state index is -0.336. The van der Waals surface area contributed by atoms with Gasteiger partial charge in [0.15, 0.2) is 0 Å². The number of phenolic OH excluding ortho intramolecular Hbond substituents is 1. The van der Waals surface area contributed by atoms with Crippen LogP contribution in [0.4, 0.5) is 0 Å². The number of aliphatic hydroxyl groups is 1. The fourth-order valence-corrected chi connectivity index (χ4v) is 3.60. The molecule has 7 nitrogen and oxygen atoms in total. The maximum absolute atomic E-state index is 9.90. The summed E-state index contributed by atoms with van der Waals surface area (Å²) in [5.41, 5.74) is 2.61. The fraction of sp³-hybridized carbons (Fsp3) is 0.238. The van der Waals surface area contributed by atoms with Gasteiger partial charge in [-0.25, -0.2) is 4.98 Å². The second kappa shape index (κ2) is 7.36. The number of fused-ring (bicyclic) bond motifs is 2. The molecule has 0 unspecified atom stereocenters. The average molecular weight is 379 g/mol. The van der Waals surface area contributed by atoms with Gasteiger partial charge in [0.1, 0.15) is 29.1 Å². The van der Waals surface area contributed by atoms with E-state index in [1.54, 1.807) is 36.2 Å². The summed E-state index contributed by atoms with van der Waals surface area (Å²) in [7, 11) is 1.61. The van der Waals surface area contributed by atoms with Crippen molar-refractivity contribution < 1.29 is 19.7 Å². The van der Waals surface area contributed by atoms with Crippen LogP contribution in [0.3, 0.4) is 0 Å². The molecule has 0 saturated heterocycles. The number of aliphatic hydroxyl groups excluding tert-OH is 1. The molecule has 144 valence electrons. The summed E-state index contributed by atoms with van der Waals surface area (Å²) in [6.07, 6.45) is 2.07. The molecule has 0 bridgehead atoms. The SMILES string of the molecule is COc1ccccc1[C@H]1c2ccc(O)cc2Oc2ncn(CCCO)c(=N)c21. The standard InChI is InChI=1S/C21H21N3O4/c1-27-16-6-3-2-5-14(16)18-15-8-7-13(26)11-17(15)28-21-19(18)20(22)24(12-23-21)9-4-10-25/h2-3,5-8,11-12,18,22,25-26H,4,9-10H2,1H3/t18-/m0/s1. The Morgan fingerprint density at radius 3 is 2.82 bits per heavy atom. The number of benzene rings is 2. The van der Waals surface area contributed by atoms with Gasteiger partial charge in [-0.15, -0.1) is 0 Å². The van der Waals surface area contributed by atoms with Crippen molar-refractivity contribution in [2.24, 2.45) is 0 Å². The number of hydrogen-bond donors (Lipinski definition) is 3. The Labute approximate surface area is 162 Å². The minimum absolute atomic E-state index is 0.0398. The Morgan fingerprint density at radius 2 is 2.04 bits per heavy atom. The summed E-state index contributed by atoms with van der Waals surface area (Å²) >= 11 is 0. The molecule has 1 aromatic heterocycles. The summed E-state index contributed by atoms with van der Waals surface area (Å²) in [4.78, 5) is 4.41. The van der Waals surface area contributed by atoms with Crippen molar-refractivity contribution >= 4 is 0 Å². The van der Waals surface area contributed by atoms with Gasteiger partial charge < -0.3 is 24.3 Å². The third-order valence-corrected chi connectivity index (χ3v) is 4.90. The molecule has 4 rings (SSSR count). The zero-order valence-corrected chi connectivity index (χ0v) is 15.4. The molecule has 1 aliphatic heterocycles. The predicted octanol–water partition coefficient (Wildman–Crippen LogP) is 2.75. The zero-order chi connectivity index (χ0) is 19.7. The third-order valence-electron chi connectivity index (χ3n) is 4.90. The molecular formula is C21H21N3O4. The molecule has 3 aromatic rings. The highest BCUT2D eigenvalue weighted by molar-refractivity contribution is 5.59. The highest BCUT2D eigenvalue weighted by Gasteiger charge is 2.33. The van der Waals surface area contributed by atoms with Crippen molar-refractivity contribution in [1.29, 1.82) is 5.41 Å². The van der Waals surface area contributed by atoms with Crippen LogP contribution in [0.15, 0.2) is 48.8 Å². The first-order chi connectivity index (χ1) is 13.6. The minimum Gasteiger partial charge on any atom is -0.508 e. The van der Waals surface area contributed by atoms with Gasteiger partial charge in [0.2, 0.25) is 5.88 Å². The molecule has 0 spiro atoms. The molecule has 3 N–H and O–H groups in total. The summed E-state index contributed by atoms with van der Waals surface area (Å²) < 4.78 is 13.2. The number of methoxy groups -OCH3 is 1. The van der Waals surface area contributed by atoms with Crippen LogP contribution in [-0.2, 0) is 6.54 Å². The van der Waals surface area contributed by atoms with Crippen LogP contribution in [0.25, 0.3) is 0 Å². The quantitative estimate of drug-likeness (QED) is 0.495. The van der Waals surface area contributed by atoms with Crippen LogP contribution in [-0.4, -0.2) is 33.5 Å². The molecule has 0 amide bonds. The normalized spacial score (nSPS) is 14.7. The lowest BCUT2D eigenvalue weighted by Gasteiger charge is -2.29. The summed E-state index contributed by atoms with van der Waals surface area (Å²) in [6, 6.07) is 12.6. The number of nitrogens with zero attached hydrogens (tertiary/aromatic N) is 2. The van der Waals surface area contributed by atoms with Crippen molar-refractivity contribution in [2.45, 2.75) is 18.9 Å². The molecule has 2 heterocycles. The highest BCUT2D eigenvalue weighted by atomic mass is 16.5. The van der Waals surface area contributed by atoms with Crippen molar-refractivity contribution in [2.75, 3.05) is 13.7 Å². The van der Waals surface area contributed by atoms with E-state index in [9.17, 15) is 5.11 Å². The molecule has 0 fully saturated rings. The lowest BCUT2D eigenvalue weighted by atomic mass is 9.83. The van der Waals surface area contributed by atoms with E-state index in [2.05, 4.69) is 4.98 Å². The Balaban J connectivity index is 1.97. The van der Waals surface area contributed by atoms with Gasteiger partial charge in [0, 0.05) is 30.3 Å². The van der Waals surface area contributed by atoms with Crippen LogP contribution in [0.2, 0.25) is 0 Å². The molecule has 0 saturated carbocycles. The fourth-order valence-electron chi connectivity index (χ4n) is 3.60. The number of para-hydroxylation sites is 1. The molecule has 1 atom stereocenters. The van der Waals surface area contributed by atoms with E-state index in [0.29, 0.717) is 35.9 Å². The Morgan fingerprint density at radius 1 is 1.21 bits per heavy atom. The second-order valence-electron chi connectivity index (χ2n) is 6.58. The van der Waals surface area contributed by atoms with Crippen LogP contribution in [0, 0.1) is 5.41 Å². The highest BCUT2D eigenvalue weighted by Crippen LogP contribution is 2.47. The van der Waals surface area contributed by atoms with Gasteiger partial charge in [-0.3, -0.25) is 5.41 Å². The molecule has 7 heteroatoms. The first-order valence-electron chi connectivity index (χ1n) is 9.02. The maximum Gasteiger partial charge on any atom is 0.228 e.